The molecule has 8 heteroatoms. The molecule has 88 valence electrons. The van der Waals surface area contributed by atoms with E-state index in [1.807, 2.05) is 0 Å². The third kappa shape index (κ3) is 1.29. The van der Waals surface area contributed by atoms with Gasteiger partial charge in [0.25, 0.3) is 0 Å². The summed E-state index contributed by atoms with van der Waals surface area (Å²) >= 11 is -0.639. The normalized spacial score (nSPS) is 11.9. The third-order valence-corrected chi connectivity index (χ3v) is 5.03. The molecule has 0 fully saturated rings. The van der Waals surface area contributed by atoms with E-state index >= 15 is 0 Å². The number of rotatable bonds is 0. The van der Waals surface area contributed by atoms with Gasteiger partial charge in [-0.25, -0.2) is 0 Å². The summed E-state index contributed by atoms with van der Waals surface area (Å²) in [5.74, 6) is -1.01. The molecule has 0 amide bonds. The topological polar surface area (TPSA) is 51.6 Å². The number of nitrogens with zero attached hydrogens (tertiary/aromatic N) is 4. The van der Waals surface area contributed by atoms with Crippen molar-refractivity contribution in [3.05, 3.63) is 23.8 Å². The summed E-state index contributed by atoms with van der Waals surface area (Å²) in [6.07, 6.45) is 0. The van der Waals surface area contributed by atoms with Gasteiger partial charge in [-0.15, -0.1) is 0 Å². The summed E-state index contributed by atoms with van der Waals surface area (Å²) < 4.78 is 44.8. The van der Waals surface area contributed by atoms with E-state index in [-0.39, 0.29) is 40.7 Å². The molecule has 2 heterocycles. The van der Waals surface area contributed by atoms with Crippen molar-refractivity contribution in [1.82, 2.24) is 15.9 Å². The maximum absolute atomic E-state index is 14.1. The van der Waals surface area contributed by atoms with Gasteiger partial charge in [-0.3, -0.25) is 0 Å². The molecule has 0 bridgehead atoms. The molecule has 2 aromatic carbocycles. The maximum atomic E-state index is 14.1. The molecular formula is C10H2F2N4Se2. The fourth-order valence-electron chi connectivity index (χ4n) is 2.01. The second kappa shape index (κ2) is 3.65. The minimum absolute atomic E-state index is 0.184. The Labute approximate surface area is 111 Å². The van der Waals surface area contributed by atoms with Crippen LogP contribution < -0.4 is 0 Å². The molecule has 0 N–H and O–H groups in total. The fraction of sp³-hybridized carbons (Fsp3) is 0. The number of hydrogen-bond donors (Lipinski definition) is 0. The molecule has 0 saturated heterocycles. The number of fused-ring (bicyclic) bond motifs is 5. The Morgan fingerprint density at radius 2 is 1.17 bits per heavy atom. The first-order chi connectivity index (χ1) is 8.75. The number of hydrogen-bond acceptors (Lipinski definition) is 4. The van der Waals surface area contributed by atoms with Gasteiger partial charge < -0.3 is 0 Å². The second-order valence-electron chi connectivity index (χ2n) is 3.73. The van der Waals surface area contributed by atoms with Crippen molar-refractivity contribution in [2.24, 2.45) is 0 Å². The van der Waals surface area contributed by atoms with E-state index in [9.17, 15) is 8.78 Å². The van der Waals surface area contributed by atoms with Crippen LogP contribution in [0.3, 0.4) is 0 Å². The molecule has 4 aromatic rings. The van der Waals surface area contributed by atoms with E-state index in [0.717, 1.165) is 0 Å². The van der Waals surface area contributed by atoms with Gasteiger partial charge >= 0.3 is 111 Å². The Bertz CT molecular complexity index is 839. The van der Waals surface area contributed by atoms with Crippen LogP contribution in [-0.2, 0) is 0 Å². The zero-order valence-corrected chi connectivity index (χ0v) is 11.9. The molecule has 0 aliphatic heterocycles. The molecule has 0 spiro atoms. The van der Waals surface area contributed by atoms with E-state index in [4.69, 9.17) is 0 Å². The third-order valence-electron chi connectivity index (χ3n) is 2.76. The summed E-state index contributed by atoms with van der Waals surface area (Å²) in [5, 5.41) is 0.368. The number of halogens is 2. The van der Waals surface area contributed by atoms with Crippen molar-refractivity contribution in [3.63, 3.8) is 0 Å². The van der Waals surface area contributed by atoms with Crippen LogP contribution in [0.5, 0.6) is 0 Å². The van der Waals surface area contributed by atoms with Crippen molar-refractivity contribution < 1.29 is 8.78 Å². The van der Waals surface area contributed by atoms with E-state index in [2.05, 4.69) is 15.9 Å². The molecule has 2 aromatic heterocycles. The molecule has 4 rings (SSSR count). The predicted molar refractivity (Wildman–Crippen MR) is 63.9 cm³/mol. The van der Waals surface area contributed by atoms with Crippen LogP contribution >= 0.6 is 0 Å². The van der Waals surface area contributed by atoms with E-state index < -0.39 is 11.6 Å². The summed E-state index contributed by atoms with van der Waals surface area (Å²) in [4.78, 5) is 0. The molecule has 0 aliphatic carbocycles. The Balaban J connectivity index is 2.45. The van der Waals surface area contributed by atoms with Crippen molar-refractivity contribution in [2.75, 3.05) is 0 Å². The minimum atomic E-state index is -0.507. The molecule has 0 atom stereocenters. The Morgan fingerprint density at radius 1 is 0.722 bits per heavy atom. The average molecular weight is 374 g/mol. The number of aromatic nitrogens is 4. The molecule has 0 aliphatic rings. The van der Waals surface area contributed by atoms with Crippen LogP contribution in [0.25, 0.3) is 32.8 Å². The Hall–Kier alpha value is -1.20. The first-order valence-electron chi connectivity index (χ1n) is 4.91. The van der Waals surface area contributed by atoms with Crippen LogP contribution in [0.2, 0.25) is 0 Å². The van der Waals surface area contributed by atoms with Gasteiger partial charge in [0.1, 0.15) is 0 Å². The van der Waals surface area contributed by atoms with Gasteiger partial charge in [-0.2, -0.15) is 0 Å². The Kier molecular flexibility index (Phi) is 2.17. The predicted octanol–water partition coefficient (Wildman–Crippen LogP) is 1.12. The van der Waals surface area contributed by atoms with Crippen LogP contribution in [0, 0.1) is 11.6 Å². The summed E-state index contributed by atoms with van der Waals surface area (Å²) in [7, 11) is 0. The van der Waals surface area contributed by atoms with Crippen molar-refractivity contribution in [3.8, 4) is 0 Å². The summed E-state index contributed by atoms with van der Waals surface area (Å²) in [6.45, 7) is 0. The number of benzene rings is 2. The van der Waals surface area contributed by atoms with Crippen molar-refractivity contribution in [2.45, 2.75) is 0 Å². The second-order valence-corrected chi connectivity index (χ2v) is 5.95. The zero-order valence-electron chi connectivity index (χ0n) is 8.52. The van der Waals surface area contributed by atoms with E-state index in [1.165, 1.54) is 12.1 Å². The van der Waals surface area contributed by atoms with Crippen LogP contribution in [0.1, 0.15) is 0 Å². The van der Waals surface area contributed by atoms with Crippen LogP contribution in [-0.4, -0.2) is 45.8 Å². The molecule has 0 unspecified atom stereocenters. The van der Waals surface area contributed by atoms with E-state index in [0.29, 0.717) is 22.1 Å². The van der Waals surface area contributed by atoms with Crippen LogP contribution in [0.4, 0.5) is 8.78 Å². The standard InChI is InChI=1S/C10H2F2N4Se2/c11-3-1-5-9(15-17-13-5)8-4(12)2-6-10(7(3)8)16-18-14-6/h1-2H. The van der Waals surface area contributed by atoms with Gasteiger partial charge in [-0.1, -0.05) is 0 Å². The van der Waals surface area contributed by atoms with Gasteiger partial charge in [0.05, 0.1) is 0 Å². The molecule has 0 radical (unpaired) electrons. The average Bonchev–Trinajstić information content (AvgIpc) is 2.95. The van der Waals surface area contributed by atoms with E-state index in [1.54, 1.807) is 0 Å². The summed E-state index contributed by atoms with van der Waals surface area (Å²) in [6, 6.07) is 2.60. The van der Waals surface area contributed by atoms with Crippen molar-refractivity contribution in [1.29, 1.82) is 0 Å². The fourth-order valence-corrected chi connectivity index (χ4v) is 4.26. The monoisotopic (exact) mass is 376 g/mol. The van der Waals surface area contributed by atoms with Gasteiger partial charge in [0.2, 0.25) is 0 Å². The zero-order chi connectivity index (χ0) is 12.3. The quantitative estimate of drug-likeness (QED) is 0.433. The van der Waals surface area contributed by atoms with Gasteiger partial charge in [-0.05, 0) is 0 Å². The van der Waals surface area contributed by atoms with Crippen LogP contribution in [0.15, 0.2) is 12.1 Å². The van der Waals surface area contributed by atoms with Gasteiger partial charge in [0.15, 0.2) is 0 Å². The molecule has 0 saturated carbocycles. The Morgan fingerprint density at radius 3 is 1.61 bits per heavy atom. The SMILES string of the molecule is Fc1cc2n[se]nc2c2c(F)cc3n[se]nc3c12. The molecule has 4 nitrogen and oxygen atoms in total. The first-order valence-corrected chi connectivity index (χ1v) is 7.97. The first kappa shape index (κ1) is 10.7. The van der Waals surface area contributed by atoms with Crippen molar-refractivity contribution >= 4 is 62.8 Å². The summed E-state index contributed by atoms with van der Waals surface area (Å²) in [5.41, 5.74) is 1.75. The molecule has 18 heavy (non-hydrogen) atoms. The van der Waals surface area contributed by atoms with Gasteiger partial charge in [0, 0.05) is 0 Å². The molecular weight excluding hydrogens is 372 g/mol.